The second kappa shape index (κ2) is 5.81. The van der Waals surface area contributed by atoms with Gasteiger partial charge in [0.25, 0.3) is 0 Å². The Kier molecular flexibility index (Phi) is 4.66. The minimum absolute atomic E-state index is 0.230. The van der Waals surface area contributed by atoms with Crippen LogP contribution in [0.25, 0.3) is 0 Å². The molecule has 114 valence electrons. The SMILES string of the molecule is CC(C)CC1(C(N)c2ccc(C(C)(C)C)s2)CCCC1. The molecule has 2 rings (SSSR count). The van der Waals surface area contributed by atoms with Gasteiger partial charge in [0.15, 0.2) is 0 Å². The first-order valence-electron chi connectivity index (χ1n) is 8.10. The van der Waals surface area contributed by atoms with Crippen LogP contribution in [0.1, 0.15) is 82.5 Å². The van der Waals surface area contributed by atoms with Gasteiger partial charge in [-0.1, -0.05) is 47.5 Å². The maximum Gasteiger partial charge on any atom is 0.0447 e. The standard InChI is InChI=1S/C18H31NS/c1-13(2)12-18(10-6-7-11-18)16(19)14-8-9-15(20-14)17(3,4)5/h8-9,13,16H,6-7,10-12,19H2,1-5H3. The summed E-state index contributed by atoms with van der Waals surface area (Å²) in [6.07, 6.45) is 6.62. The minimum Gasteiger partial charge on any atom is -0.323 e. The monoisotopic (exact) mass is 293 g/mol. The maximum atomic E-state index is 6.75. The van der Waals surface area contributed by atoms with Crippen molar-refractivity contribution >= 4 is 11.3 Å². The minimum atomic E-state index is 0.230. The molecule has 1 unspecified atom stereocenters. The summed E-state index contributed by atoms with van der Waals surface area (Å²) in [6.45, 7) is 11.5. The molecule has 0 amide bonds. The lowest BCUT2D eigenvalue weighted by atomic mass is 9.72. The fourth-order valence-corrected chi connectivity index (χ4v) is 4.97. The first-order chi connectivity index (χ1) is 9.24. The Hall–Kier alpha value is -0.340. The molecular weight excluding hydrogens is 262 g/mol. The van der Waals surface area contributed by atoms with Crippen LogP contribution in [0.15, 0.2) is 12.1 Å². The summed E-state index contributed by atoms with van der Waals surface area (Å²) in [4.78, 5) is 2.86. The summed E-state index contributed by atoms with van der Waals surface area (Å²) < 4.78 is 0. The highest BCUT2D eigenvalue weighted by molar-refractivity contribution is 7.12. The Morgan fingerprint density at radius 3 is 2.25 bits per heavy atom. The van der Waals surface area contributed by atoms with E-state index in [1.165, 1.54) is 41.9 Å². The largest absolute Gasteiger partial charge is 0.323 e. The van der Waals surface area contributed by atoms with Gasteiger partial charge in [0.1, 0.15) is 0 Å². The summed E-state index contributed by atoms with van der Waals surface area (Å²) in [5, 5.41) is 0. The van der Waals surface area contributed by atoms with Crippen LogP contribution < -0.4 is 5.73 Å². The van der Waals surface area contributed by atoms with Crippen LogP contribution in [0.3, 0.4) is 0 Å². The summed E-state index contributed by atoms with van der Waals surface area (Å²) in [5.41, 5.74) is 7.35. The quantitative estimate of drug-likeness (QED) is 0.762. The molecule has 20 heavy (non-hydrogen) atoms. The summed E-state index contributed by atoms with van der Waals surface area (Å²) in [7, 11) is 0. The van der Waals surface area contributed by atoms with Crippen LogP contribution in [0.2, 0.25) is 0 Å². The lowest BCUT2D eigenvalue weighted by molar-refractivity contribution is 0.185. The number of hydrogen-bond donors (Lipinski definition) is 1. The molecule has 1 aromatic rings. The van der Waals surface area contributed by atoms with Gasteiger partial charge in [-0.3, -0.25) is 0 Å². The van der Waals surface area contributed by atoms with Crippen molar-refractivity contribution in [3.63, 3.8) is 0 Å². The van der Waals surface area contributed by atoms with Crippen molar-refractivity contribution in [1.82, 2.24) is 0 Å². The van der Waals surface area contributed by atoms with Gasteiger partial charge >= 0.3 is 0 Å². The predicted molar refractivity (Wildman–Crippen MR) is 90.3 cm³/mol. The predicted octanol–water partition coefficient (Wildman–Crippen LogP) is 5.65. The van der Waals surface area contributed by atoms with Crippen molar-refractivity contribution < 1.29 is 0 Å². The Bertz CT molecular complexity index is 433. The van der Waals surface area contributed by atoms with Gasteiger partial charge in [-0.15, -0.1) is 11.3 Å². The van der Waals surface area contributed by atoms with Crippen LogP contribution in [-0.2, 0) is 5.41 Å². The zero-order chi connectivity index (χ0) is 15.0. The van der Waals surface area contributed by atoms with Crippen LogP contribution >= 0.6 is 11.3 Å². The summed E-state index contributed by atoms with van der Waals surface area (Å²) in [5.74, 6) is 0.737. The molecule has 1 atom stereocenters. The number of nitrogens with two attached hydrogens (primary N) is 1. The van der Waals surface area contributed by atoms with E-state index in [0.29, 0.717) is 5.41 Å². The molecule has 0 aliphatic heterocycles. The van der Waals surface area contributed by atoms with Crippen molar-refractivity contribution in [2.24, 2.45) is 17.1 Å². The van der Waals surface area contributed by atoms with Gasteiger partial charge in [0.05, 0.1) is 0 Å². The highest BCUT2D eigenvalue weighted by Gasteiger charge is 2.41. The number of rotatable bonds is 4. The van der Waals surface area contributed by atoms with E-state index in [9.17, 15) is 0 Å². The number of hydrogen-bond acceptors (Lipinski definition) is 2. The van der Waals surface area contributed by atoms with Crippen LogP contribution in [0, 0.1) is 11.3 Å². The third-order valence-electron chi connectivity index (χ3n) is 4.75. The summed E-state index contributed by atoms with van der Waals surface area (Å²) in [6, 6.07) is 4.81. The average molecular weight is 294 g/mol. The third kappa shape index (κ3) is 3.28. The molecule has 2 N–H and O–H groups in total. The van der Waals surface area contributed by atoms with Gasteiger partial charge in [0.2, 0.25) is 0 Å². The zero-order valence-electron chi connectivity index (χ0n) is 13.8. The Morgan fingerprint density at radius 1 is 1.20 bits per heavy atom. The van der Waals surface area contributed by atoms with E-state index in [0.717, 1.165) is 5.92 Å². The first kappa shape index (κ1) is 16.0. The molecule has 1 aromatic heterocycles. The van der Waals surface area contributed by atoms with E-state index in [1.807, 2.05) is 11.3 Å². The second-order valence-electron chi connectivity index (χ2n) is 8.10. The first-order valence-corrected chi connectivity index (χ1v) is 8.92. The number of thiophene rings is 1. The molecule has 1 fully saturated rings. The Labute approximate surface area is 129 Å². The highest BCUT2D eigenvalue weighted by atomic mass is 32.1. The van der Waals surface area contributed by atoms with E-state index >= 15 is 0 Å². The van der Waals surface area contributed by atoms with Crippen molar-refractivity contribution in [3.05, 3.63) is 21.9 Å². The molecule has 0 spiro atoms. The lowest BCUT2D eigenvalue weighted by Gasteiger charge is -2.36. The van der Waals surface area contributed by atoms with Crippen molar-refractivity contribution in [1.29, 1.82) is 0 Å². The van der Waals surface area contributed by atoms with E-state index in [1.54, 1.807) is 0 Å². The van der Waals surface area contributed by atoms with Crippen molar-refractivity contribution in [3.8, 4) is 0 Å². The lowest BCUT2D eigenvalue weighted by Crippen LogP contribution is -2.33. The molecule has 1 saturated carbocycles. The Morgan fingerprint density at radius 2 is 1.80 bits per heavy atom. The topological polar surface area (TPSA) is 26.0 Å². The molecular formula is C18H31NS. The molecule has 1 nitrogen and oxygen atoms in total. The normalized spacial score (nSPS) is 20.6. The fourth-order valence-electron chi connectivity index (χ4n) is 3.76. The zero-order valence-corrected chi connectivity index (χ0v) is 14.6. The van der Waals surface area contributed by atoms with Gasteiger partial charge < -0.3 is 5.73 Å². The van der Waals surface area contributed by atoms with Crippen LogP contribution in [0.5, 0.6) is 0 Å². The van der Waals surface area contributed by atoms with Crippen molar-refractivity contribution in [2.45, 2.75) is 78.2 Å². The second-order valence-corrected chi connectivity index (χ2v) is 9.21. The molecule has 0 aromatic carbocycles. The summed E-state index contributed by atoms with van der Waals surface area (Å²) >= 11 is 1.94. The molecule has 2 heteroatoms. The molecule has 0 saturated heterocycles. The van der Waals surface area contributed by atoms with Gasteiger partial charge in [-0.2, -0.15) is 0 Å². The molecule has 1 aliphatic rings. The van der Waals surface area contributed by atoms with Gasteiger partial charge in [-0.05, 0) is 48.1 Å². The molecule has 0 bridgehead atoms. The third-order valence-corrected chi connectivity index (χ3v) is 6.34. The average Bonchev–Trinajstić information content (AvgIpc) is 2.94. The van der Waals surface area contributed by atoms with E-state index in [2.05, 4.69) is 46.8 Å². The van der Waals surface area contributed by atoms with Crippen LogP contribution in [-0.4, -0.2) is 0 Å². The van der Waals surface area contributed by atoms with E-state index in [4.69, 9.17) is 5.73 Å². The van der Waals surface area contributed by atoms with E-state index < -0.39 is 0 Å². The van der Waals surface area contributed by atoms with Crippen LogP contribution in [0.4, 0.5) is 0 Å². The van der Waals surface area contributed by atoms with E-state index in [-0.39, 0.29) is 11.5 Å². The molecule has 1 heterocycles. The van der Waals surface area contributed by atoms with Gasteiger partial charge in [0, 0.05) is 15.8 Å². The Balaban J connectivity index is 2.24. The fraction of sp³-hybridized carbons (Fsp3) is 0.778. The maximum absolute atomic E-state index is 6.75. The van der Waals surface area contributed by atoms with Crippen molar-refractivity contribution in [2.75, 3.05) is 0 Å². The molecule has 1 aliphatic carbocycles. The van der Waals surface area contributed by atoms with Gasteiger partial charge in [-0.25, -0.2) is 0 Å². The molecule has 0 radical (unpaired) electrons. The smallest absolute Gasteiger partial charge is 0.0447 e. The highest BCUT2D eigenvalue weighted by Crippen LogP contribution is 2.52.